The topological polar surface area (TPSA) is 27.7 Å². The lowest BCUT2D eigenvalue weighted by Gasteiger charge is -2.13. The van der Waals surface area contributed by atoms with E-state index in [1.807, 2.05) is 73.6 Å². The first kappa shape index (κ1) is 27.0. The predicted octanol–water partition coefficient (Wildman–Crippen LogP) is 6.91. The van der Waals surface area contributed by atoms with E-state index in [1.54, 1.807) is 37.7 Å². The van der Waals surface area contributed by atoms with Crippen molar-refractivity contribution in [3.8, 4) is 23.0 Å². The Morgan fingerprint density at radius 2 is 1.07 bits per heavy atom. The van der Waals surface area contributed by atoms with E-state index in [0.29, 0.717) is 0 Å². The van der Waals surface area contributed by atoms with E-state index >= 15 is 0 Å². The fraction of sp³-hybridized carbons (Fsp3) is 0.333. The zero-order chi connectivity index (χ0) is 22.1. The van der Waals surface area contributed by atoms with Gasteiger partial charge in [0.15, 0.2) is 0 Å². The Labute approximate surface area is 185 Å². The minimum atomic E-state index is 0.727. The Kier molecular flexibility index (Phi) is 15.8. The quantitative estimate of drug-likeness (QED) is 0.421. The zero-order valence-corrected chi connectivity index (χ0v) is 20.1. The van der Waals surface area contributed by atoms with Crippen molar-refractivity contribution in [1.29, 1.82) is 0 Å². The smallest absolute Gasteiger partial charge is 0.127 e. The Morgan fingerprint density at radius 3 is 1.34 bits per heavy atom. The van der Waals surface area contributed by atoms with Crippen molar-refractivity contribution in [2.75, 3.05) is 39.2 Å². The SMILES string of the molecule is C=CCc1cc(Oc2ccc(OC)c(CC=C)c2)ccc1OC.CSC.CSC. The van der Waals surface area contributed by atoms with Crippen LogP contribution in [-0.4, -0.2) is 39.2 Å². The van der Waals surface area contributed by atoms with E-state index in [2.05, 4.69) is 13.2 Å². The second-order valence-corrected chi connectivity index (χ2v) is 7.48. The molecule has 0 saturated carbocycles. The van der Waals surface area contributed by atoms with Gasteiger partial charge in [0.1, 0.15) is 23.0 Å². The molecule has 0 fully saturated rings. The van der Waals surface area contributed by atoms with E-state index in [9.17, 15) is 0 Å². The van der Waals surface area contributed by atoms with Gasteiger partial charge in [-0.25, -0.2) is 0 Å². The molecule has 160 valence electrons. The van der Waals surface area contributed by atoms with Crippen molar-refractivity contribution in [1.82, 2.24) is 0 Å². The van der Waals surface area contributed by atoms with Crippen molar-refractivity contribution < 1.29 is 14.2 Å². The lowest BCUT2D eigenvalue weighted by Crippen LogP contribution is -1.94. The Bertz CT molecular complexity index is 669. The first-order valence-electron chi connectivity index (χ1n) is 9.08. The molecule has 0 spiro atoms. The summed E-state index contributed by atoms with van der Waals surface area (Å²) in [6.45, 7) is 7.55. The van der Waals surface area contributed by atoms with Gasteiger partial charge in [-0.2, -0.15) is 23.5 Å². The second-order valence-electron chi connectivity index (χ2n) is 5.85. The molecule has 29 heavy (non-hydrogen) atoms. The maximum absolute atomic E-state index is 5.97. The van der Waals surface area contributed by atoms with Gasteiger partial charge in [-0.05, 0) is 74.3 Å². The standard InChI is InChI=1S/C20H22O3.2C2H6S/c1-5-7-15-13-17(9-11-19(15)21-3)23-18-10-12-20(22-4)16(14-18)8-6-2;2*1-3-2/h5-6,9-14H,1-2,7-8H2,3-4H3;2*1-2H3. The molecule has 0 aliphatic carbocycles. The third-order valence-electron chi connectivity index (χ3n) is 3.47. The summed E-state index contributed by atoms with van der Waals surface area (Å²) in [7, 11) is 3.32. The summed E-state index contributed by atoms with van der Waals surface area (Å²) in [5.41, 5.74) is 2.08. The van der Waals surface area contributed by atoms with Crippen LogP contribution in [0.25, 0.3) is 0 Å². The largest absolute Gasteiger partial charge is 0.496 e. The minimum Gasteiger partial charge on any atom is -0.496 e. The minimum absolute atomic E-state index is 0.727. The molecule has 0 aromatic heterocycles. The van der Waals surface area contributed by atoms with Crippen molar-refractivity contribution in [2.24, 2.45) is 0 Å². The third kappa shape index (κ3) is 10.4. The molecular weight excluding hydrogens is 400 g/mol. The molecule has 5 heteroatoms. The van der Waals surface area contributed by atoms with Gasteiger partial charge in [-0.1, -0.05) is 12.2 Å². The number of rotatable bonds is 8. The van der Waals surface area contributed by atoms with Gasteiger partial charge in [0, 0.05) is 11.1 Å². The van der Waals surface area contributed by atoms with Crippen LogP contribution in [0.1, 0.15) is 11.1 Å². The number of allylic oxidation sites excluding steroid dienone is 2. The van der Waals surface area contributed by atoms with Gasteiger partial charge in [-0.3, -0.25) is 0 Å². The summed E-state index contributed by atoms with van der Waals surface area (Å²) in [4.78, 5) is 0. The van der Waals surface area contributed by atoms with Crippen LogP contribution in [0.4, 0.5) is 0 Å². The molecule has 2 aromatic carbocycles. The number of hydrogen-bond donors (Lipinski definition) is 0. The summed E-state index contributed by atoms with van der Waals surface area (Å²) < 4.78 is 16.7. The Morgan fingerprint density at radius 1 is 0.724 bits per heavy atom. The van der Waals surface area contributed by atoms with E-state index in [4.69, 9.17) is 14.2 Å². The highest BCUT2D eigenvalue weighted by molar-refractivity contribution is 7.98. The molecule has 0 atom stereocenters. The number of thioether (sulfide) groups is 2. The molecule has 0 bridgehead atoms. The molecule has 0 radical (unpaired) electrons. The molecule has 0 aliphatic rings. The van der Waals surface area contributed by atoms with Crippen LogP contribution in [-0.2, 0) is 12.8 Å². The average Bonchev–Trinajstić information content (AvgIpc) is 2.70. The molecule has 3 nitrogen and oxygen atoms in total. The zero-order valence-electron chi connectivity index (χ0n) is 18.5. The van der Waals surface area contributed by atoms with Gasteiger partial charge >= 0.3 is 0 Å². The van der Waals surface area contributed by atoms with Crippen molar-refractivity contribution >= 4 is 23.5 Å². The highest BCUT2D eigenvalue weighted by atomic mass is 32.2. The van der Waals surface area contributed by atoms with Crippen molar-refractivity contribution in [3.63, 3.8) is 0 Å². The molecule has 0 heterocycles. The van der Waals surface area contributed by atoms with Crippen LogP contribution >= 0.6 is 23.5 Å². The first-order valence-corrected chi connectivity index (χ1v) is 12.3. The van der Waals surface area contributed by atoms with Crippen LogP contribution in [0.2, 0.25) is 0 Å². The number of methoxy groups -OCH3 is 2. The van der Waals surface area contributed by atoms with Gasteiger partial charge in [0.2, 0.25) is 0 Å². The summed E-state index contributed by atoms with van der Waals surface area (Å²) >= 11 is 3.50. The van der Waals surface area contributed by atoms with Gasteiger partial charge < -0.3 is 14.2 Å². The van der Waals surface area contributed by atoms with Crippen LogP contribution in [0.5, 0.6) is 23.0 Å². The highest BCUT2D eigenvalue weighted by Crippen LogP contribution is 2.31. The van der Waals surface area contributed by atoms with Gasteiger partial charge in [-0.15, -0.1) is 13.2 Å². The number of benzene rings is 2. The summed E-state index contributed by atoms with van der Waals surface area (Å²) in [5, 5.41) is 0. The first-order chi connectivity index (χ1) is 14.0. The molecule has 0 amide bonds. The normalized spacial score (nSPS) is 9.17. The Hall–Kier alpha value is -1.98. The van der Waals surface area contributed by atoms with E-state index in [1.165, 1.54) is 0 Å². The molecule has 0 N–H and O–H groups in total. The van der Waals surface area contributed by atoms with Gasteiger partial charge in [0.05, 0.1) is 14.2 Å². The lowest BCUT2D eigenvalue weighted by molar-refractivity contribution is 0.406. The lowest BCUT2D eigenvalue weighted by atomic mass is 10.1. The molecule has 0 unspecified atom stereocenters. The van der Waals surface area contributed by atoms with Crippen LogP contribution < -0.4 is 14.2 Å². The molecule has 2 rings (SSSR count). The maximum Gasteiger partial charge on any atom is 0.127 e. The van der Waals surface area contributed by atoms with Crippen LogP contribution in [0, 0.1) is 0 Å². The van der Waals surface area contributed by atoms with Crippen molar-refractivity contribution in [2.45, 2.75) is 12.8 Å². The summed E-state index contributed by atoms with van der Waals surface area (Å²) in [5.74, 6) is 3.19. The van der Waals surface area contributed by atoms with E-state index in [-0.39, 0.29) is 0 Å². The van der Waals surface area contributed by atoms with Gasteiger partial charge in [0.25, 0.3) is 0 Å². The maximum atomic E-state index is 5.97. The average molecular weight is 435 g/mol. The Balaban J connectivity index is 0.00000116. The number of hydrogen-bond acceptors (Lipinski definition) is 5. The monoisotopic (exact) mass is 434 g/mol. The predicted molar refractivity (Wildman–Crippen MR) is 133 cm³/mol. The fourth-order valence-electron chi connectivity index (χ4n) is 2.40. The van der Waals surface area contributed by atoms with Crippen LogP contribution in [0.3, 0.4) is 0 Å². The third-order valence-corrected chi connectivity index (χ3v) is 3.47. The highest BCUT2D eigenvalue weighted by Gasteiger charge is 2.07. The summed E-state index contributed by atoms with van der Waals surface area (Å²) in [6, 6.07) is 11.5. The molecule has 2 aromatic rings. The molecule has 0 aliphatic heterocycles. The van der Waals surface area contributed by atoms with Crippen molar-refractivity contribution in [3.05, 3.63) is 72.8 Å². The molecular formula is C24H34O3S2. The fourth-order valence-corrected chi connectivity index (χ4v) is 2.40. The second kappa shape index (κ2) is 16.9. The summed E-state index contributed by atoms with van der Waals surface area (Å²) in [6.07, 6.45) is 13.3. The van der Waals surface area contributed by atoms with E-state index in [0.717, 1.165) is 47.0 Å². The van der Waals surface area contributed by atoms with Crippen LogP contribution in [0.15, 0.2) is 61.7 Å². The van der Waals surface area contributed by atoms with E-state index < -0.39 is 0 Å². The number of ether oxygens (including phenoxy) is 3. The molecule has 0 saturated heterocycles.